The third-order valence-corrected chi connectivity index (χ3v) is 3.19. The van der Waals surface area contributed by atoms with Gasteiger partial charge in [0.05, 0.1) is 17.4 Å². The van der Waals surface area contributed by atoms with Crippen molar-refractivity contribution in [1.82, 2.24) is 20.1 Å². The minimum absolute atomic E-state index is 0.307. The molecule has 86 valence electrons. The molecule has 0 fully saturated rings. The molecule has 0 aromatic carbocycles. The zero-order valence-corrected chi connectivity index (χ0v) is 10.4. The number of thiazole rings is 1. The predicted octanol–water partition coefficient (Wildman–Crippen LogP) is 2.21. The third-order valence-electron chi connectivity index (χ3n) is 2.55. The molecule has 0 amide bonds. The highest BCUT2D eigenvalue weighted by molar-refractivity contribution is 7.07. The average molecular weight is 236 g/mol. The number of nitrogens with zero attached hydrogens (tertiary/aromatic N) is 3. The van der Waals surface area contributed by atoms with Gasteiger partial charge in [0, 0.05) is 36.3 Å². The summed E-state index contributed by atoms with van der Waals surface area (Å²) in [5.74, 6) is 0. The topological polar surface area (TPSA) is 42.7 Å². The summed E-state index contributed by atoms with van der Waals surface area (Å²) in [7, 11) is 0. The third kappa shape index (κ3) is 2.68. The van der Waals surface area contributed by atoms with Crippen molar-refractivity contribution < 1.29 is 0 Å². The molecule has 1 unspecified atom stereocenters. The second kappa shape index (κ2) is 5.23. The summed E-state index contributed by atoms with van der Waals surface area (Å²) in [6, 6.07) is 0.307. The molecule has 0 saturated carbocycles. The summed E-state index contributed by atoms with van der Waals surface area (Å²) in [5.41, 5.74) is 4.17. The summed E-state index contributed by atoms with van der Waals surface area (Å²) in [4.78, 5) is 4.24. The summed E-state index contributed by atoms with van der Waals surface area (Å²) < 4.78 is 1.94. The Morgan fingerprint density at radius 1 is 1.56 bits per heavy atom. The van der Waals surface area contributed by atoms with E-state index in [1.54, 1.807) is 11.3 Å². The van der Waals surface area contributed by atoms with Gasteiger partial charge in [-0.25, -0.2) is 4.98 Å². The first-order chi connectivity index (χ1) is 7.79. The molecular weight excluding hydrogens is 220 g/mol. The Morgan fingerprint density at radius 3 is 3.06 bits per heavy atom. The van der Waals surface area contributed by atoms with Gasteiger partial charge in [-0.2, -0.15) is 5.10 Å². The van der Waals surface area contributed by atoms with Gasteiger partial charge in [0.2, 0.25) is 0 Å². The molecule has 0 spiro atoms. The van der Waals surface area contributed by atoms with Crippen LogP contribution < -0.4 is 5.32 Å². The minimum Gasteiger partial charge on any atom is -0.304 e. The molecule has 0 aliphatic rings. The van der Waals surface area contributed by atoms with Gasteiger partial charge < -0.3 is 5.32 Å². The monoisotopic (exact) mass is 236 g/mol. The quantitative estimate of drug-likeness (QED) is 0.865. The molecule has 2 aromatic rings. The van der Waals surface area contributed by atoms with Crippen molar-refractivity contribution in [2.75, 3.05) is 0 Å². The Bertz CT molecular complexity index is 421. The summed E-state index contributed by atoms with van der Waals surface area (Å²) in [5, 5.41) is 9.76. The van der Waals surface area contributed by atoms with Crippen molar-refractivity contribution in [1.29, 1.82) is 0 Å². The van der Waals surface area contributed by atoms with Crippen LogP contribution in [0.2, 0.25) is 0 Å². The van der Waals surface area contributed by atoms with E-state index in [0.29, 0.717) is 6.04 Å². The number of hydrogen-bond donors (Lipinski definition) is 1. The van der Waals surface area contributed by atoms with E-state index in [1.807, 2.05) is 16.4 Å². The Hall–Kier alpha value is -1.20. The fraction of sp³-hybridized carbons (Fsp3) is 0.455. The van der Waals surface area contributed by atoms with Gasteiger partial charge in [0.1, 0.15) is 0 Å². The Morgan fingerprint density at radius 2 is 2.44 bits per heavy atom. The molecule has 5 heteroatoms. The largest absolute Gasteiger partial charge is 0.304 e. The van der Waals surface area contributed by atoms with Crippen LogP contribution in [0, 0.1) is 0 Å². The van der Waals surface area contributed by atoms with Crippen LogP contribution >= 0.6 is 11.3 Å². The molecule has 0 bridgehead atoms. The van der Waals surface area contributed by atoms with Crippen molar-refractivity contribution in [3.8, 4) is 0 Å². The summed E-state index contributed by atoms with van der Waals surface area (Å²) in [6.45, 7) is 5.95. The van der Waals surface area contributed by atoms with Gasteiger partial charge in [-0.15, -0.1) is 11.3 Å². The van der Waals surface area contributed by atoms with Crippen LogP contribution in [-0.2, 0) is 13.1 Å². The van der Waals surface area contributed by atoms with E-state index in [0.717, 1.165) is 18.8 Å². The standard InChI is InChI=1S/C11H16N4S/c1-3-15-6-10(4-14-15)9(2)12-5-11-7-16-8-13-11/h4,6-9,12H,3,5H2,1-2H3. The van der Waals surface area contributed by atoms with E-state index in [4.69, 9.17) is 0 Å². The predicted molar refractivity (Wildman–Crippen MR) is 65.3 cm³/mol. The lowest BCUT2D eigenvalue weighted by Gasteiger charge is -2.10. The molecule has 0 radical (unpaired) electrons. The molecular formula is C11H16N4S. The second-order valence-corrected chi connectivity index (χ2v) is 4.43. The van der Waals surface area contributed by atoms with Crippen LogP contribution in [0.1, 0.15) is 31.1 Å². The van der Waals surface area contributed by atoms with E-state index < -0.39 is 0 Å². The highest BCUT2D eigenvalue weighted by atomic mass is 32.1. The maximum Gasteiger partial charge on any atom is 0.0795 e. The van der Waals surface area contributed by atoms with E-state index >= 15 is 0 Å². The number of aryl methyl sites for hydroxylation is 1. The van der Waals surface area contributed by atoms with Gasteiger partial charge in [0.25, 0.3) is 0 Å². The molecule has 2 rings (SSSR count). The lowest BCUT2D eigenvalue weighted by Crippen LogP contribution is -2.17. The van der Waals surface area contributed by atoms with Crippen molar-refractivity contribution >= 4 is 11.3 Å². The van der Waals surface area contributed by atoms with Crippen molar-refractivity contribution in [2.24, 2.45) is 0 Å². The van der Waals surface area contributed by atoms with E-state index in [9.17, 15) is 0 Å². The molecule has 0 saturated heterocycles. The summed E-state index contributed by atoms with van der Waals surface area (Å²) >= 11 is 1.63. The smallest absolute Gasteiger partial charge is 0.0795 e. The first-order valence-corrected chi connectivity index (χ1v) is 6.36. The van der Waals surface area contributed by atoms with Crippen LogP contribution in [0.5, 0.6) is 0 Å². The number of hydrogen-bond acceptors (Lipinski definition) is 4. The number of nitrogens with one attached hydrogen (secondary N) is 1. The maximum absolute atomic E-state index is 4.26. The normalized spacial score (nSPS) is 12.9. The van der Waals surface area contributed by atoms with Gasteiger partial charge in [-0.3, -0.25) is 4.68 Å². The zero-order valence-electron chi connectivity index (χ0n) is 9.55. The highest BCUT2D eigenvalue weighted by Gasteiger charge is 2.07. The Labute approximate surface area is 99.3 Å². The second-order valence-electron chi connectivity index (χ2n) is 3.71. The van der Waals surface area contributed by atoms with Crippen molar-refractivity contribution in [3.63, 3.8) is 0 Å². The van der Waals surface area contributed by atoms with Crippen LogP contribution in [0.3, 0.4) is 0 Å². The van der Waals surface area contributed by atoms with Crippen LogP contribution in [0.25, 0.3) is 0 Å². The molecule has 1 N–H and O–H groups in total. The van der Waals surface area contributed by atoms with Gasteiger partial charge in [-0.1, -0.05) is 0 Å². The summed E-state index contributed by atoms with van der Waals surface area (Å²) in [6.07, 6.45) is 4.00. The Kier molecular flexibility index (Phi) is 3.69. The minimum atomic E-state index is 0.307. The molecule has 2 heterocycles. The molecule has 1 atom stereocenters. The van der Waals surface area contributed by atoms with Crippen molar-refractivity contribution in [2.45, 2.75) is 33.0 Å². The highest BCUT2D eigenvalue weighted by Crippen LogP contribution is 2.12. The van der Waals surface area contributed by atoms with E-state index in [2.05, 4.69) is 40.8 Å². The lowest BCUT2D eigenvalue weighted by molar-refractivity contribution is 0.567. The average Bonchev–Trinajstić information content (AvgIpc) is 2.96. The molecule has 16 heavy (non-hydrogen) atoms. The van der Waals surface area contributed by atoms with Crippen LogP contribution in [0.15, 0.2) is 23.3 Å². The molecule has 2 aromatic heterocycles. The van der Waals surface area contributed by atoms with Gasteiger partial charge >= 0.3 is 0 Å². The number of rotatable bonds is 5. The van der Waals surface area contributed by atoms with E-state index in [-0.39, 0.29) is 0 Å². The van der Waals surface area contributed by atoms with Gasteiger partial charge in [-0.05, 0) is 13.8 Å². The van der Waals surface area contributed by atoms with Crippen LogP contribution in [0.4, 0.5) is 0 Å². The Balaban J connectivity index is 1.90. The molecule has 0 aliphatic carbocycles. The SMILES string of the molecule is CCn1cc(C(C)NCc2cscn2)cn1. The fourth-order valence-electron chi connectivity index (χ4n) is 1.48. The van der Waals surface area contributed by atoms with Crippen molar-refractivity contribution in [3.05, 3.63) is 34.5 Å². The fourth-order valence-corrected chi connectivity index (χ4v) is 2.03. The van der Waals surface area contributed by atoms with Gasteiger partial charge in [0.15, 0.2) is 0 Å². The first kappa shape index (κ1) is 11.3. The maximum atomic E-state index is 4.26. The van der Waals surface area contributed by atoms with E-state index in [1.165, 1.54) is 5.56 Å². The van der Waals surface area contributed by atoms with Crippen LogP contribution in [-0.4, -0.2) is 14.8 Å². The first-order valence-electron chi connectivity index (χ1n) is 5.42. The lowest BCUT2D eigenvalue weighted by atomic mass is 10.2. The zero-order chi connectivity index (χ0) is 11.4. The molecule has 0 aliphatic heterocycles. The molecule has 4 nitrogen and oxygen atoms in total. The number of aromatic nitrogens is 3.